The van der Waals surface area contributed by atoms with E-state index >= 15 is 0 Å². The number of amides is 1. The van der Waals surface area contributed by atoms with E-state index in [-0.39, 0.29) is 11.7 Å². The minimum absolute atomic E-state index is 0.0179. The minimum Gasteiger partial charge on any atom is -0.497 e. The van der Waals surface area contributed by atoms with Crippen LogP contribution in [0.25, 0.3) is 16.9 Å². The Kier molecular flexibility index (Phi) is 6.97. The van der Waals surface area contributed by atoms with Crippen LogP contribution in [0, 0.1) is 0 Å². The van der Waals surface area contributed by atoms with Crippen LogP contribution in [-0.4, -0.2) is 46.3 Å². The summed E-state index contributed by atoms with van der Waals surface area (Å²) in [6.07, 6.45) is 0.278. The van der Waals surface area contributed by atoms with Crippen molar-refractivity contribution in [3.63, 3.8) is 0 Å². The van der Waals surface area contributed by atoms with Crippen molar-refractivity contribution in [2.75, 3.05) is 26.0 Å². The lowest BCUT2D eigenvalue weighted by Crippen LogP contribution is -2.36. The van der Waals surface area contributed by atoms with Gasteiger partial charge in [0, 0.05) is 24.3 Å². The van der Waals surface area contributed by atoms with Crippen LogP contribution in [0.5, 0.6) is 5.75 Å². The Morgan fingerprint density at radius 3 is 2.48 bits per heavy atom. The number of ether oxygens (including phenoxy) is 1. The summed E-state index contributed by atoms with van der Waals surface area (Å²) in [6, 6.07) is 12.4. The van der Waals surface area contributed by atoms with Crippen molar-refractivity contribution in [2.45, 2.75) is 30.6 Å². The van der Waals surface area contributed by atoms with Crippen molar-refractivity contribution in [1.82, 2.24) is 14.5 Å². The van der Waals surface area contributed by atoms with E-state index in [0.29, 0.717) is 22.3 Å². The third-order valence-corrected chi connectivity index (χ3v) is 6.52. The van der Waals surface area contributed by atoms with Crippen molar-refractivity contribution < 1.29 is 22.7 Å². The first-order chi connectivity index (χ1) is 15.9. The topological polar surface area (TPSA) is 47.4 Å². The molecule has 0 unspecified atom stereocenters. The van der Waals surface area contributed by atoms with Crippen LogP contribution in [0.2, 0.25) is 0 Å². The number of likely N-dealkylation sites (tertiary alicyclic amines) is 1. The van der Waals surface area contributed by atoms with E-state index in [1.807, 2.05) is 17.0 Å². The maximum Gasteiger partial charge on any atom is 0.416 e. The summed E-state index contributed by atoms with van der Waals surface area (Å²) in [6.45, 7) is 1.50. The highest BCUT2D eigenvalue weighted by molar-refractivity contribution is 7.99. The van der Waals surface area contributed by atoms with E-state index in [0.717, 1.165) is 50.0 Å². The monoisotopic (exact) mass is 475 g/mol. The lowest BCUT2D eigenvalue weighted by molar-refractivity contribution is -0.137. The fraction of sp³-hybridized carbons (Fsp3) is 0.333. The van der Waals surface area contributed by atoms with E-state index in [2.05, 4.69) is 4.98 Å². The van der Waals surface area contributed by atoms with Gasteiger partial charge in [-0.1, -0.05) is 17.8 Å². The highest BCUT2D eigenvalue weighted by Gasteiger charge is 2.31. The number of carbonyl (C=O) groups excluding carboxylic acids is 1. The molecule has 174 valence electrons. The standard InChI is InChI=1S/C24H24F3N3O2S/c1-32-20-10-8-17(9-11-20)21-15-28-23(33-16-22(31)29-12-3-2-4-13-29)30(21)19-7-5-6-18(14-19)24(25,26)27/h5-11,14-15H,2-4,12-13,16H2,1H3. The molecule has 9 heteroatoms. The van der Waals surface area contributed by atoms with Gasteiger partial charge in [-0.25, -0.2) is 4.98 Å². The van der Waals surface area contributed by atoms with Crippen LogP contribution < -0.4 is 4.74 Å². The van der Waals surface area contributed by atoms with Crippen LogP contribution in [0.1, 0.15) is 24.8 Å². The molecule has 5 nitrogen and oxygen atoms in total. The van der Waals surface area contributed by atoms with Crippen LogP contribution in [-0.2, 0) is 11.0 Å². The molecule has 0 saturated carbocycles. The molecule has 1 amide bonds. The van der Waals surface area contributed by atoms with Crippen LogP contribution in [0.15, 0.2) is 59.9 Å². The van der Waals surface area contributed by atoms with Gasteiger partial charge < -0.3 is 9.64 Å². The maximum atomic E-state index is 13.4. The van der Waals surface area contributed by atoms with Crippen molar-refractivity contribution in [1.29, 1.82) is 0 Å². The highest BCUT2D eigenvalue weighted by Crippen LogP contribution is 2.34. The molecule has 0 spiro atoms. The number of imidazole rings is 1. The van der Waals surface area contributed by atoms with E-state index in [9.17, 15) is 18.0 Å². The molecule has 0 radical (unpaired) electrons. The molecule has 2 heterocycles. The molecule has 0 atom stereocenters. The molecule has 2 aromatic carbocycles. The molecule has 0 bridgehead atoms. The average Bonchev–Trinajstić information content (AvgIpc) is 3.26. The number of carbonyl (C=O) groups is 1. The molecule has 0 N–H and O–H groups in total. The van der Waals surface area contributed by atoms with Crippen LogP contribution >= 0.6 is 11.8 Å². The fourth-order valence-corrected chi connectivity index (χ4v) is 4.73. The normalized spacial score (nSPS) is 14.4. The number of benzene rings is 2. The van der Waals surface area contributed by atoms with E-state index in [4.69, 9.17) is 4.74 Å². The number of piperidine rings is 1. The summed E-state index contributed by atoms with van der Waals surface area (Å²) in [5.74, 6) is 0.868. The Bertz CT molecular complexity index is 1110. The van der Waals surface area contributed by atoms with Gasteiger partial charge in [0.15, 0.2) is 5.16 Å². The van der Waals surface area contributed by atoms with Gasteiger partial charge in [0.2, 0.25) is 5.91 Å². The summed E-state index contributed by atoms with van der Waals surface area (Å²) in [7, 11) is 1.57. The zero-order valence-electron chi connectivity index (χ0n) is 18.1. The van der Waals surface area contributed by atoms with Crippen molar-refractivity contribution in [2.24, 2.45) is 0 Å². The minimum atomic E-state index is -4.46. The number of hydrogen-bond acceptors (Lipinski definition) is 4. The van der Waals surface area contributed by atoms with Gasteiger partial charge in [-0.3, -0.25) is 9.36 Å². The first-order valence-corrected chi connectivity index (χ1v) is 11.7. The first kappa shape index (κ1) is 23.2. The molecular formula is C24H24F3N3O2S. The summed E-state index contributed by atoms with van der Waals surface area (Å²) in [5.41, 5.74) is 0.996. The van der Waals surface area contributed by atoms with E-state index in [1.54, 1.807) is 36.1 Å². The number of nitrogens with zero attached hydrogens (tertiary/aromatic N) is 3. The number of halogens is 3. The Labute approximate surface area is 194 Å². The van der Waals surface area contributed by atoms with Crippen molar-refractivity contribution in [3.05, 3.63) is 60.3 Å². The molecule has 1 aliphatic rings. The maximum absolute atomic E-state index is 13.4. The number of aromatic nitrogens is 2. The second kappa shape index (κ2) is 9.91. The van der Waals surface area contributed by atoms with Crippen molar-refractivity contribution >= 4 is 17.7 Å². The van der Waals surface area contributed by atoms with Gasteiger partial charge in [0.25, 0.3) is 0 Å². The molecule has 33 heavy (non-hydrogen) atoms. The molecule has 1 aromatic heterocycles. The van der Waals surface area contributed by atoms with E-state index in [1.165, 1.54) is 17.8 Å². The van der Waals surface area contributed by atoms with Gasteiger partial charge in [0.05, 0.1) is 30.3 Å². The quantitative estimate of drug-likeness (QED) is 0.431. The Morgan fingerprint density at radius 1 is 1.09 bits per heavy atom. The van der Waals surface area contributed by atoms with Crippen LogP contribution in [0.3, 0.4) is 0 Å². The third-order valence-electron chi connectivity index (χ3n) is 5.58. The molecular weight excluding hydrogens is 451 g/mol. The first-order valence-electron chi connectivity index (χ1n) is 10.7. The molecule has 4 rings (SSSR count). The predicted molar refractivity (Wildman–Crippen MR) is 122 cm³/mol. The predicted octanol–water partition coefficient (Wildman–Crippen LogP) is 5.67. The molecule has 3 aromatic rings. The summed E-state index contributed by atoms with van der Waals surface area (Å²) in [5, 5.41) is 0.463. The van der Waals surface area contributed by atoms with Gasteiger partial charge in [0.1, 0.15) is 5.75 Å². The average molecular weight is 476 g/mol. The largest absolute Gasteiger partial charge is 0.497 e. The van der Waals surface area contributed by atoms with Crippen molar-refractivity contribution in [3.8, 4) is 22.7 Å². The van der Waals surface area contributed by atoms with Gasteiger partial charge in [-0.2, -0.15) is 13.2 Å². The Balaban J connectivity index is 1.69. The SMILES string of the molecule is COc1ccc(-c2cnc(SCC(=O)N3CCCCC3)n2-c2cccc(C(F)(F)F)c2)cc1. The number of alkyl halides is 3. The third kappa shape index (κ3) is 5.35. The van der Waals surface area contributed by atoms with Crippen LogP contribution in [0.4, 0.5) is 13.2 Å². The zero-order valence-corrected chi connectivity index (χ0v) is 19.0. The number of hydrogen-bond donors (Lipinski definition) is 0. The van der Waals surface area contributed by atoms with Gasteiger partial charge in [-0.15, -0.1) is 0 Å². The smallest absolute Gasteiger partial charge is 0.416 e. The molecule has 1 aliphatic heterocycles. The van der Waals surface area contributed by atoms with E-state index < -0.39 is 11.7 Å². The lowest BCUT2D eigenvalue weighted by Gasteiger charge is -2.26. The molecule has 1 fully saturated rings. The lowest BCUT2D eigenvalue weighted by atomic mass is 10.1. The summed E-state index contributed by atoms with van der Waals surface area (Å²) in [4.78, 5) is 19.0. The molecule has 0 aliphatic carbocycles. The summed E-state index contributed by atoms with van der Waals surface area (Å²) >= 11 is 1.23. The number of methoxy groups -OCH3 is 1. The van der Waals surface area contributed by atoms with Gasteiger partial charge in [-0.05, 0) is 61.7 Å². The Hall–Kier alpha value is -2.94. The number of rotatable bonds is 6. The second-order valence-electron chi connectivity index (χ2n) is 7.77. The van der Waals surface area contributed by atoms with Gasteiger partial charge >= 0.3 is 6.18 Å². The fourth-order valence-electron chi connectivity index (χ4n) is 3.83. The molecule has 1 saturated heterocycles. The Morgan fingerprint density at radius 2 is 1.82 bits per heavy atom. The second-order valence-corrected chi connectivity index (χ2v) is 8.71. The summed E-state index contributed by atoms with van der Waals surface area (Å²) < 4.78 is 47.0. The number of thioether (sulfide) groups is 1. The highest BCUT2D eigenvalue weighted by atomic mass is 32.2. The zero-order chi connectivity index (χ0) is 23.4.